The monoisotopic (exact) mass is 263 g/mol. The van der Waals surface area contributed by atoms with E-state index in [-0.39, 0.29) is 12.1 Å². The third kappa shape index (κ3) is 5.92. The largest absolute Gasteiger partial charge is 0.329 e. The van der Waals surface area contributed by atoms with E-state index in [1.165, 1.54) is 5.57 Å². The van der Waals surface area contributed by atoms with Gasteiger partial charge in [-0.2, -0.15) is 10.2 Å². The van der Waals surface area contributed by atoms with Crippen LogP contribution in [0.5, 0.6) is 0 Å². The highest BCUT2D eigenvalue weighted by molar-refractivity contribution is 5.20. The Morgan fingerprint density at radius 3 is 3.00 bits per heavy atom. The van der Waals surface area contributed by atoms with Crippen molar-refractivity contribution >= 4 is 0 Å². The molecule has 0 aromatic carbocycles. The zero-order chi connectivity index (χ0) is 14.1. The first kappa shape index (κ1) is 15.8. The number of likely N-dealkylation sites (N-methyl/N-ethyl adjacent to an activating group) is 1. The Kier molecular flexibility index (Phi) is 7.25. The van der Waals surface area contributed by atoms with Gasteiger partial charge in [-0.3, -0.25) is 5.43 Å². The highest BCUT2D eigenvalue weighted by atomic mass is 15.5. The molecule has 0 aromatic rings. The second-order valence-corrected chi connectivity index (χ2v) is 4.68. The smallest absolute Gasteiger partial charge is 0.107 e. The van der Waals surface area contributed by atoms with Crippen LogP contribution >= 0.6 is 0 Å². The number of rotatable bonds is 6. The van der Waals surface area contributed by atoms with E-state index in [2.05, 4.69) is 40.8 Å². The van der Waals surface area contributed by atoms with E-state index < -0.39 is 0 Å². The minimum Gasteiger partial charge on any atom is -0.329 e. The second kappa shape index (κ2) is 8.74. The van der Waals surface area contributed by atoms with E-state index in [1.807, 2.05) is 31.3 Å². The fourth-order valence-corrected chi connectivity index (χ4v) is 1.71. The van der Waals surface area contributed by atoms with Crippen LogP contribution in [0.4, 0.5) is 0 Å². The molecule has 5 nitrogen and oxygen atoms in total. The van der Waals surface area contributed by atoms with Gasteiger partial charge in [0.05, 0.1) is 12.6 Å². The van der Waals surface area contributed by atoms with E-state index in [9.17, 15) is 0 Å². The van der Waals surface area contributed by atoms with Crippen LogP contribution in [0, 0.1) is 0 Å². The van der Waals surface area contributed by atoms with Gasteiger partial charge < -0.3 is 5.73 Å². The van der Waals surface area contributed by atoms with E-state index in [1.54, 1.807) is 0 Å². The standard InChI is InChI=1S/C14H25N5/c1-12-6-4-8-13(9-5-7-12)18-17-11-14(10-15)19(3)16-2/h4-6,8-9,13-14,16H,7,10-11,15H2,1-3H3/b8-4-,9-5?,12-6+,18-17?. The van der Waals surface area contributed by atoms with Crippen molar-refractivity contribution in [2.24, 2.45) is 16.0 Å². The van der Waals surface area contributed by atoms with Gasteiger partial charge in [-0.15, -0.1) is 0 Å². The van der Waals surface area contributed by atoms with Crippen molar-refractivity contribution in [2.45, 2.75) is 25.4 Å². The van der Waals surface area contributed by atoms with E-state index in [4.69, 9.17) is 5.73 Å². The molecule has 0 heterocycles. The predicted molar refractivity (Wildman–Crippen MR) is 79.8 cm³/mol. The third-order valence-electron chi connectivity index (χ3n) is 3.14. The maximum atomic E-state index is 5.71. The molecule has 0 aromatic heterocycles. The molecule has 2 atom stereocenters. The molecule has 2 unspecified atom stereocenters. The van der Waals surface area contributed by atoms with Gasteiger partial charge in [-0.05, 0) is 20.4 Å². The molecule has 0 saturated carbocycles. The molecule has 0 bridgehead atoms. The first-order chi connectivity index (χ1) is 9.17. The van der Waals surface area contributed by atoms with Crippen molar-refractivity contribution in [3.63, 3.8) is 0 Å². The highest BCUT2D eigenvalue weighted by Crippen LogP contribution is 2.08. The molecule has 0 spiro atoms. The van der Waals surface area contributed by atoms with Gasteiger partial charge in [0.1, 0.15) is 6.04 Å². The molecule has 106 valence electrons. The summed E-state index contributed by atoms with van der Waals surface area (Å²) in [6.45, 7) is 3.27. The summed E-state index contributed by atoms with van der Waals surface area (Å²) in [5.74, 6) is 0. The van der Waals surface area contributed by atoms with Crippen LogP contribution in [0.2, 0.25) is 0 Å². The summed E-state index contributed by atoms with van der Waals surface area (Å²) in [6.07, 6.45) is 11.4. The summed E-state index contributed by atoms with van der Waals surface area (Å²) in [6, 6.07) is 0.195. The Labute approximate surface area is 115 Å². The molecular weight excluding hydrogens is 238 g/mol. The predicted octanol–water partition coefficient (Wildman–Crippen LogP) is 1.66. The lowest BCUT2D eigenvalue weighted by Gasteiger charge is -2.23. The summed E-state index contributed by atoms with van der Waals surface area (Å²) >= 11 is 0. The number of hydrazine groups is 1. The molecule has 1 aliphatic rings. The van der Waals surface area contributed by atoms with Crippen LogP contribution in [0.3, 0.4) is 0 Å². The normalized spacial score (nSPS) is 25.9. The first-order valence-electron chi connectivity index (χ1n) is 6.65. The van der Waals surface area contributed by atoms with E-state index in [0.717, 1.165) is 6.42 Å². The number of allylic oxidation sites excluding steroid dienone is 4. The number of azo groups is 1. The van der Waals surface area contributed by atoms with Crippen molar-refractivity contribution in [1.82, 2.24) is 10.4 Å². The fraction of sp³-hybridized carbons (Fsp3) is 0.571. The molecular formula is C14H25N5. The molecule has 1 rings (SSSR count). The quantitative estimate of drug-likeness (QED) is 0.435. The Morgan fingerprint density at radius 1 is 1.53 bits per heavy atom. The summed E-state index contributed by atoms with van der Waals surface area (Å²) in [7, 11) is 3.82. The van der Waals surface area contributed by atoms with Gasteiger partial charge in [0.25, 0.3) is 0 Å². The average Bonchev–Trinajstić information content (AvgIpc) is 2.39. The minimum atomic E-state index is 0.0302. The highest BCUT2D eigenvalue weighted by Gasteiger charge is 2.10. The van der Waals surface area contributed by atoms with Crippen molar-refractivity contribution in [1.29, 1.82) is 0 Å². The molecule has 0 saturated heterocycles. The molecule has 5 heteroatoms. The van der Waals surface area contributed by atoms with Crippen LogP contribution in [0.1, 0.15) is 13.3 Å². The van der Waals surface area contributed by atoms with Crippen LogP contribution in [-0.4, -0.2) is 44.3 Å². The van der Waals surface area contributed by atoms with Crippen molar-refractivity contribution in [3.05, 3.63) is 36.0 Å². The Bertz CT molecular complexity index is 370. The summed E-state index contributed by atoms with van der Waals surface area (Å²) in [4.78, 5) is 0. The lowest BCUT2D eigenvalue weighted by atomic mass is 10.1. The SMILES string of the molecule is CNN(C)C(CN)CN=NC1C=CC/C(C)=C/C=C\1. The summed E-state index contributed by atoms with van der Waals surface area (Å²) < 4.78 is 0. The minimum absolute atomic E-state index is 0.0302. The zero-order valence-corrected chi connectivity index (χ0v) is 12.1. The van der Waals surface area contributed by atoms with E-state index in [0.29, 0.717) is 13.1 Å². The molecule has 19 heavy (non-hydrogen) atoms. The van der Waals surface area contributed by atoms with Gasteiger partial charge in [0.15, 0.2) is 0 Å². The topological polar surface area (TPSA) is 66.0 Å². The van der Waals surface area contributed by atoms with Gasteiger partial charge in [-0.1, -0.05) is 36.0 Å². The first-order valence-corrected chi connectivity index (χ1v) is 6.65. The van der Waals surface area contributed by atoms with Gasteiger partial charge in [0, 0.05) is 13.6 Å². The number of hydrogen-bond acceptors (Lipinski definition) is 5. The number of hydrogen-bond donors (Lipinski definition) is 2. The lowest BCUT2D eigenvalue weighted by Crippen LogP contribution is -2.46. The second-order valence-electron chi connectivity index (χ2n) is 4.68. The van der Waals surface area contributed by atoms with Crippen molar-refractivity contribution in [3.8, 4) is 0 Å². The molecule has 0 fully saturated rings. The van der Waals surface area contributed by atoms with Gasteiger partial charge >= 0.3 is 0 Å². The van der Waals surface area contributed by atoms with Gasteiger partial charge in [-0.25, -0.2) is 5.01 Å². The molecule has 0 radical (unpaired) electrons. The van der Waals surface area contributed by atoms with Crippen LogP contribution in [0.15, 0.2) is 46.2 Å². The maximum absolute atomic E-state index is 5.71. The Hall–Kier alpha value is -1.30. The van der Waals surface area contributed by atoms with Crippen LogP contribution in [0.25, 0.3) is 0 Å². The van der Waals surface area contributed by atoms with Crippen molar-refractivity contribution in [2.75, 3.05) is 27.2 Å². The van der Waals surface area contributed by atoms with Gasteiger partial charge in [0.2, 0.25) is 0 Å². The zero-order valence-electron chi connectivity index (χ0n) is 12.1. The lowest BCUT2D eigenvalue weighted by molar-refractivity contribution is 0.189. The molecule has 0 amide bonds. The molecule has 3 N–H and O–H groups in total. The fourth-order valence-electron chi connectivity index (χ4n) is 1.71. The number of nitrogens with one attached hydrogen (secondary N) is 1. The average molecular weight is 263 g/mol. The third-order valence-corrected chi connectivity index (χ3v) is 3.14. The number of nitrogens with zero attached hydrogens (tertiary/aromatic N) is 3. The van der Waals surface area contributed by atoms with E-state index >= 15 is 0 Å². The van der Waals surface area contributed by atoms with Crippen LogP contribution < -0.4 is 11.2 Å². The Balaban J connectivity index is 2.52. The molecule has 1 aliphatic carbocycles. The Morgan fingerprint density at radius 2 is 2.32 bits per heavy atom. The van der Waals surface area contributed by atoms with Crippen molar-refractivity contribution < 1.29 is 0 Å². The summed E-state index contributed by atoms with van der Waals surface area (Å²) in [5.41, 5.74) is 10.1. The van der Waals surface area contributed by atoms with Crippen LogP contribution in [-0.2, 0) is 0 Å². The molecule has 0 aliphatic heterocycles. The summed E-state index contributed by atoms with van der Waals surface area (Å²) in [5, 5.41) is 10.5. The number of nitrogens with two attached hydrogens (primary N) is 1. The maximum Gasteiger partial charge on any atom is 0.107 e.